The van der Waals surface area contributed by atoms with E-state index in [1.54, 1.807) is 11.3 Å². The fraction of sp³-hybridized carbons (Fsp3) is 0.412. The van der Waals surface area contributed by atoms with Gasteiger partial charge in [0.25, 0.3) is 0 Å². The zero-order valence-electron chi connectivity index (χ0n) is 13.4. The van der Waals surface area contributed by atoms with Gasteiger partial charge in [-0.2, -0.15) is 0 Å². The van der Waals surface area contributed by atoms with Crippen LogP contribution in [0.3, 0.4) is 0 Å². The van der Waals surface area contributed by atoms with Crippen LogP contribution in [-0.4, -0.2) is 27.2 Å². The third kappa shape index (κ3) is 2.54. The zero-order chi connectivity index (χ0) is 17.0. The summed E-state index contributed by atoms with van der Waals surface area (Å²) in [5, 5.41) is 0.857. The van der Waals surface area contributed by atoms with Gasteiger partial charge in [-0.25, -0.2) is 9.97 Å². The lowest BCUT2D eigenvalue weighted by atomic mass is 10.0. The Hall–Kier alpha value is -1.67. The number of fused-ring (bicyclic) bond motifs is 2. The van der Waals surface area contributed by atoms with E-state index in [1.807, 2.05) is 16.8 Å². The highest BCUT2D eigenvalue weighted by molar-refractivity contribution is 7.16. The van der Waals surface area contributed by atoms with Crippen molar-refractivity contribution in [3.05, 3.63) is 39.4 Å². The second-order valence-corrected chi connectivity index (χ2v) is 8.12. The van der Waals surface area contributed by atoms with Crippen molar-refractivity contribution in [3.8, 4) is 0 Å². The van der Waals surface area contributed by atoms with Gasteiger partial charge in [-0.05, 0) is 37.0 Å². The van der Waals surface area contributed by atoms with Crippen LogP contribution in [-0.2, 0) is 15.9 Å². The van der Waals surface area contributed by atoms with Gasteiger partial charge in [0.2, 0.25) is 0 Å². The molecule has 0 saturated carbocycles. The molecule has 0 radical (unpaired) electrons. The summed E-state index contributed by atoms with van der Waals surface area (Å²) in [6.07, 6.45) is 6.15. The van der Waals surface area contributed by atoms with Gasteiger partial charge in [0.05, 0.1) is 22.4 Å². The van der Waals surface area contributed by atoms with E-state index in [0.717, 1.165) is 34.6 Å². The van der Waals surface area contributed by atoms with Crippen LogP contribution < -0.4 is 5.73 Å². The van der Waals surface area contributed by atoms with E-state index in [-0.39, 0.29) is 18.4 Å². The van der Waals surface area contributed by atoms with Crippen LogP contribution in [0.25, 0.3) is 11.0 Å². The van der Waals surface area contributed by atoms with E-state index in [1.165, 1.54) is 16.8 Å². The highest BCUT2D eigenvalue weighted by Crippen LogP contribution is 2.44. The first-order chi connectivity index (χ1) is 12.2. The van der Waals surface area contributed by atoms with Gasteiger partial charge in [0.1, 0.15) is 30.1 Å². The Balaban J connectivity index is 1.42. The molecule has 0 bridgehead atoms. The predicted molar refractivity (Wildman–Crippen MR) is 96.8 cm³/mol. The average Bonchev–Trinajstić information content (AvgIpc) is 3.31. The predicted octanol–water partition coefficient (Wildman–Crippen LogP) is 3.72. The van der Waals surface area contributed by atoms with Crippen molar-refractivity contribution in [1.82, 2.24) is 14.5 Å². The number of ether oxygens (including phenoxy) is 2. The molecule has 0 aliphatic carbocycles. The smallest absolute Gasteiger partial charge is 0.147 e. The van der Waals surface area contributed by atoms with Crippen molar-refractivity contribution in [1.29, 1.82) is 0 Å². The van der Waals surface area contributed by atoms with E-state index in [2.05, 4.69) is 16.0 Å². The molecule has 1 saturated heterocycles. The molecule has 2 N–H and O–H groups in total. The minimum absolute atomic E-state index is 0.0235. The van der Waals surface area contributed by atoms with Gasteiger partial charge >= 0.3 is 0 Å². The van der Waals surface area contributed by atoms with Crippen LogP contribution in [0.15, 0.2) is 24.7 Å². The van der Waals surface area contributed by atoms with Crippen molar-refractivity contribution in [3.63, 3.8) is 0 Å². The Morgan fingerprint density at radius 3 is 3.16 bits per heavy atom. The van der Waals surface area contributed by atoms with Crippen molar-refractivity contribution in [2.75, 3.05) is 12.3 Å². The Bertz CT molecular complexity index is 940. The fourth-order valence-electron chi connectivity index (χ4n) is 3.79. The average molecular weight is 377 g/mol. The number of nitrogens with two attached hydrogens (primary N) is 1. The van der Waals surface area contributed by atoms with Crippen molar-refractivity contribution in [2.24, 2.45) is 0 Å². The standard InChI is InChI=1S/C17H17ClN4O2S/c18-12-7-9-4-6-23-14(15(9)25-12)11-1-2-13(24-11)22-5-3-10-16(19)20-8-21-17(10)22/h3,5,7-8,11,13-14H,1-2,4,6H2,(H2,19,20,21)/t11-,13+,14-/m0/s1. The largest absolute Gasteiger partial charge is 0.383 e. The Morgan fingerprint density at radius 2 is 2.24 bits per heavy atom. The molecule has 6 nitrogen and oxygen atoms in total. The van der Waals surface area contributed by atoms with Gasteiger partial charge in [0.15, 0.2) is 0 Å². The number of nitrogen functional groups attached to an aromatic ring is 1. The highest BCUT2D eigenvalue weighted by atomic mass is 35.5. The molecule has 1 fully saturated rings. The third-order valence-electron chi connectivity index (χ3n) is 4.96. The molecule has 3 aromatic heterocycles. The quantitative estimate of drug-likeness (QED) is 0.737. The summed E-state index contributed by atoms with van der Waals surface area (Å²) in [5.74, 6) is 0.492. The molecule has 0 amide bonds. The second kappa shape index (κ2) is 5.95. The van der Waals surface area contributed by atoms with Crippen LogP contribution >= 0.6 is 22.9 Å². The molecule has 5 rings (SSSR count). The van der Waals surface area contributed by atoms with Crippen molar-refractivity contribution in [2.45, 2.75) is 37.7 Å². The maximum atomic E-state index is 6.36. The normalized spacial score (nSPS) is 26.2. The zero-order valence-corrected chi connectivity index (χ0v) is 15.0. The summed E-state index contributed by atoms with van der Waals surface area (Å²) >= 11 is 7.81. The molecule has 3 aromatic rings. The number of rotatable bonds is 2. The lowest BCUT2D eigenvalue weighted by Crippen LogP contribution is -2.26. The van der Waals surface area contributed by atoms with E-state index in [4.69, 9.17) is 26.8 Å². The Kier molecular flexibility index (Phi) is 3.71. The molecule has 0 spiro atoms. The molecule has 5 heterocycles. The SMILES string of the molecule is Nc1ncnc2c1ccn2[C@H]1CC[C@@H]([C@@H]2OCCc3cc(Cl)sc32)O1. The van der Waals surface area contributed by atoms with Crippen LogP contribution in [0, 0.1) is 0 Å². The number of anilines is 1. The number of hydrogen-bond donors (Lipinski definition) is 1. The van der Waals surface area contributed by atoms with Gasteiger partial charge < -0.3 is 19.8 Å². The topological polar surface area (TPSA) is 75.2 Å². The maximum Gasteiger partial charge on any atom is 0.147 e. The first-order valence-corrected chi connectivity index (χ1v) is 9.52. The minimum atomic E-state index is -0.0683. The lowest BCUT2D eigenvalue weighted by Gasteiger charge is -2.28. The molecular weight excluding hydrogens is 360 g/mol. The Labute approximate surface area is 153 Å². The molecule has 3 atom stereocenters. The summed E-state index contributed by atoms with van der Waals surface area (Å²) in [4.78, 5) is 9.63. The van der Waals surface area contributed by atoms with Gasteiger partial charge in [-0.1, -0.05) is 11.6 Å². The van der Waals surface area contributed by atoms with Crippen LogP contribution in [0.1, 0.15) is 35.6 Å². The molecule has 0 aromatic carbocycles. The van der Waals surface area contributed by atoms with Crippen molar-refractivity contribution < 1.29 is 9.47 Å². The van der Waals surface area contributed by atoms with E-state index >= 15 is 0 Å². The fourth-order valence-corrected chi connectivity index (χ4v) is 5.21. The van der Waals surface area contributed by atoms with E-state index in [9.17, 15) is 0 Å². The summed E-state index contributed by atoms with van der Waals surface area (Å²) in [7, 11) is 0. The van der Waals surface area contributed by atoms with E-state index in [0.29, 0.717) is 12.4 Å². The number of nitrogens with zero attached hydrogens (tertiary/aromatic N) is 3. The summed E-state index contributed by atoms with van der Waals surface area (Å²) in [6.45, 7) is 0.714. The van der Waals surface area contributed by atoms with Gasteiger partial charge in [0, 0.05) is 11.1 Å². The minimum Gasteiger partial charge on any atom is -0.383 e. The number of hydrogen-bond acceptors (Lipinski definition) is 6. The lowest BCUT2D eigenvalue weighted by molar-refractivity contribution is -0.0904. The molecule has 130 valence electrons. The van der Waals surface area contributed by atoms with Crippen LogP contribution in [0.4, 0.5) is 5.82 Å². The van der Waals surface area contributed by atoms with E-state index < -0.39 is 0 Å². The van der Waals surface area contributed by atoms with Gasteiger partial charge in [-0.15, -0.1) is 11.3 Å². The summed E-state index contributed by atoms with van der Waals surface area (Å²) in [6, 6.07) is 4.00. The second-order valence-electron chi connectivity index (χ2n) is 6.41. The monoisotopic (exact) mass is 376 g/mol. The number of halogens is 1. The molecule has 2 aliphatic heterocycles. The van der Waals surface area contributed by atoms with Crippen molar-refractivity contribution >= 4 is 39.8 Å². The van der Waals surface area contributed by atoms with Gasteiger partial charge in [-0.3, -0.25) is 0 Å². The van der Waals surface area contributed by atoms with Crippen LogP contribution in [0.2, 0.25) is 4.34 Å². The third-order valence-corrected chi connectivity index (χ3v) is 6.32. The first kappa shape index (κ1) is 15.6. The van der Waals surface area contributed by atoms with Crippen LogP contribution in [0.5, 0.6) is 0 Å². The molecular formula is C17H17ClN4O2S. The molecule has 0 unspecified atom stereocenters. The number of thiophene rings is 1. The number of aromatic nitrogens is 3. The first-order valence-electron chi connectivity index (χ1n) is 8.33. The maximum absolute atomic E-state index is 6.36. The summed E-state index contributed by atoms with van der Waals surface area (Å²) in [5.41, 5.74) is 8.04. The Morgan fingerprint density at radius 1 is 1.32 bits per heavy atom. The molecule has 8 heteroatoms. The summed E-state index contributed by atoms with van der Waals surface area (Å²) < 4.78 is 15.3. The molecule has 2 aliphatic rings. The molecule has 25 heavy (non-hydrogen) atoms. The highest BCUT2D eigenvalue weighted by Gasteiger charge is 2.38.